The standard InChI is InChI=1S/C23H23ClN2O6/c1-13(12-27)26-19-21(29)25(15-7-5-14(24)6-8-15)10-3-9-23(19)18(20(26)28)17-16(32-23)4-2-11-31-22(17)30/h2-9,13,16-19,27H,10-12H2,1H3/t13-,16+,17-,18+,19?,23+/m1/s1. The van der Waals surface area contributed by atoms with Crippen molar-refractivity contribution in [2.45, 2.75) is 30.7 Å². The molecule has 1 unspecified atom stereocenters. The maximum atomic E-state index is 13.9. The van der Waals surface area contributed by atoms with Crippen LogP contribution in [0.3, 0.4) is 0 Å². The third-order valence-electron chi connectivity index (χ3n) is 6.73. The summed E-state index contributed by atoms with van der Waals surface area (Å²) in [6.45, 7) is 1.72. The summed E-state index contributed by atoms with van der Waals surface area (Å²) in [4.78, 5) is 43.4. The molecule has 4 aliphatic rings. The van der Waals surface area contributed by atoms with Gasteiger partial charge in [0.25, 0.3) is 5.91 Å². The maximum Gasteiger partial charge on any atom is 0.313 e. The number of nitrogens with zero attached hydrogens (tertiary/aromatic N) is 2. The maximum absolute atomic E-state index is 13.9. The van der Waals surface area contributed by atoms with Crippen LogP contribution in [0.15, 0.2) is 48.6 Å². The number of amides is 2. The number of ether oxygens (including phenoxy) is 2. The highest BCUT2D eigenvalue weighted by Crippen LogP contribution is 2.53. The molecular weight excluding hydrogens is 436 g/mol. The minimum absolute atomic E-state index is 0.113. The van der Waals surface area contributed by atoms with Gasteiger partial charge in [-0.25, -0.2) is 0 Å². The van der Waals surface area contributed by atoms with Gasteiger partial charge in [0.1, 0.15) is 24.2 Å². The quantitative estimate of drug-likeness (QED) is 0.542. The average Bonchev–Trinajstić information content (AvgIpc) is 3.09. The van der Waals surface area contributed by atoms with Crippen LogP contribution in [0, 0.1) is 11.8 Å². The first-order chi connectivity index (χ1) is 15.4. The lowest BCUT2D eigenvalue weighted by Crippen LogP contribution is -2.57. The number of aliphatic hydroxyl groups is 1. The van der Waals surface area contributed by atoms with Crippen LogP contribution in [-0.4, -0.2) is 71.3 Å². The van der Waals surface area contributed by atoms with Crippen molar-refractivity contribution in [1.82, 2.24) is 4.90 Å². The molecule has 9 heteroatoms. The summed E-state index contributed by atoms with van der Waals surface area (Å²) >= 11 is 6.01. The summed E-state index contributed by atoms with van der Waals surface area (Å²) in [6, 6.07) is 5.17. The number of esters is 1. The number of fused-ring (bicyclic) bond motifs is 2. The van der Waals surface area contributed by atoms with Gasteiger partial charge < -0.3 is 24.4 Å². The highest BCUT2D eigenvalue weighted by atomic mass is 35.5. The molecule has 1 aromatic carbocycles. The molecule has 1 spiro atoms. The van der Waals surface area contributed by atoms with Crippen molar-refractivity contribution < 1.29 is 29.0 Å². The molecule has 1 aromatic rings. The second kappa shape index (κ2) is 7.72. The molecule has 2 saturated heterocycles. The summed E-state index contributed by atoms with van der Waals surface area (Å²) in [7, 11) is 0. The van der Waals surface area contributed by atoms with Crippen LogP contribution in [0.4, 0.5) is 5.69 Å². The molecular formula is C23H23ClN2O6. The van der Waals surface area contributed by atoms with E-state index in [-0.39, 0.29) is 25.7 Å². The van der Waals surface area contributed by atoms with Gasteiger partial charge in [-0.3, -0.25) is 14.4 Å². The van der Waals surface area contributed by atoms with E-state index in [2.05, 4.69) is 0 Å². The van der Waals surface area contributed by atoms with E-state index in [1.54, 1.807) is 60.4 Å². The number of rotatable bonds is 3. The zero-order valence-corrected chi connectivity index (χ0v) is 18.1. The molecule has 0 aromatic heterocycles. The monoisotopic (exact) mass is 458 g/mol. The first-order valence-corrected chi connectivity index (χ1v) is 11.0. The Bertz CT molecular complexity index is 1020. The number of anilines is 1. The fraction of sp³-hybridized carbons (Fsp3) is 0.435. The molecule has 8 nitrogen and oxygen atoms in total. The van der Waals surface area contributed by atoms with Gasteiger partial charge in [-0.15, -0.1) is 0 Å². The fourth-order valence-corrected chi connectivity index (χ4v) is 5.45. The molecule has 5 rings (SSSR count). The Morgan fingerprint density at radius 3 is 2.66 bits per heavy atom. The number of carbonyl (C=O) groups is 3. The third kappa shape index (κ3) is 2.93. The van der Waals surface area contributed by atoms with Gasteiger partial charge >= 0.3 is 5.97 Å². The number of benzene rings is 1. The minimum Gasteiger partial charge on any atom is -0.461 e. The number of carbonyl (C=O) groups excluding carboxylic acids is 3. The van der Waals surface area contributed by atoms with Crippen molar-refractivity contribution >= 4 is 35.1 Å². The summed E-state index contributed by atoms with van der Waals surface area (Å²) in [5, 5.41) is 10.4. The number of halogens is 1. The molecule has 6 atom stereocenters. The molecule has 4 heterocycles. The first kappa shape index (κ1) is 21.2. The number of hydrogen-bond acceptors (Lipinski definition) is 6. The highest BCUT2D eigenvalue weighted by Gasteiger charge is 2.72. The molecule has 0 saturated carbocycles. The van der Waals surface area contributed by atoms with Gasteiger partial charge in [-0.2, -0.15) is 0 Å². The first-order valence-electron chi connectivity index (χ1n) is 10.6. The number of aliphatic hydroxyl groups excluding tert-OH is 1. The smallest absolute Gasteiger partial charge is 0.313 e. The van der Waals surface area contributed by atoms with Gasteiger partial charge in [0.15, 0.2) is 0 Å². The van der Waals surface area contributed by atoms with Crippen LogP contribution in [0.2, 0.25) is 5.02 Å². The Kier molecular flexibility index (Phi) is 5.11. The van der Waals surface area contributed by atoms with E-state index < -0.39 is 47.5 Å². The van der Waals surface area contributed by atoms with Crippen LogP contribution in [0.1, 0.15) is 6.92 Å². The van der Waals surface area contributed by atoms with E-state index >= 15 is 0 Å². The molecule has 4 aliphatic heterocycles. The average molecular weight is 459 g/mol. The zero-order chi connectivity index (χ0) is 22.6. The van der Waals surface area contributed by atoms with Crippen molar-refractivity contribution in [2.24, 2.45) is 11.8 Å². The van der Waals surface area contributed by atoms with E-state index in [1.165, 1.54) is 4.90 Å². The van der Waals surface area contributed by atoms with E-state index in [4.69, 9.17) is 21.1 Å². The zero-order valence-electron chi connectivity index (χ0n) is 17.4. The van der Waals surface area contributed by atoms with Gasteiger partial charge in [0.2, 0.25) is 5.91 Å². The van der Waals surface area contributed by atoms with Crippen LogP contribution in [0.25, 0.3) is 0 Å². The lowest BCUT2D eigenvalue weighted by molar-refractivity contribution is -0.153. The molecule has 0 radical (unpaired) electrons. The second-order valence-electron chi connectivity index (χ2n) is 8.50. The molecule has 168 valence electrons. The van der Waals surface area contributed by atoms with E-state index in [1.807, 2.05) is 0 Å². The lowest BCUT2D eigenvalue weighted by Gasteiger charge is -2.37. The van der Waals surface area contributed by atoms with Crippen molar-refractivity contribution in [3.63, 3.8) is 0 Å². The molecule has 1 N–H and O–H groups in total. The van der Waals surface area contributed by atoms with Gasteiger partial charge in [-0.05, 0) is 37.3 Å². The molecule has 32 heavy (non-hydrogen) atoms. The van der Waals surface area contributed by atoms with Crippen LogP contribution in [-0.2, 0) is 23.9 Å². The molecule has 0 bridgehead atoms. The van der Waals surface area contributed by atoms with Gasteiger partial charge in [-0.1, -0.05) is 29.8 Å². The summed E-state index contributed by atoms with van der Waals surface area (Å²) in [6.07, 6.45) is 6.28. The van der Waals surface area contributed by atoms with Crippen molar-refractivity contribution in [3.05, 3.63) is 53.6 Å². The SMILES string of the molecule is C[C@H](CO)N1C(=O)[C@@H]2[C@@H]3C(=O)OCC=C[C@@H]3O[C@@]23C=CCN(c2ccc(Cl)cc2)C(=O)C13. The Balaban J connectivity index is 1.64. The Labute approximate surface area is 190 Å². The summed E-state index contributed by atoms with van der Waals surface area (Å²) in [5.41, 5.74) is -0.713. The predicted octanol–water partition coefficient (Wildman–Crippen LogP) is 1.32. The minimum atomic E-state index is -1.34. The van der Waals surface area contributed by atoms with Crippen LogP contribution in [0.5, 0.6) is 0 Å². The van der Waals surface area contributed by atoms with Gasteiger partial charge in [0.05, 0.1) is 24.7 Å². The van der Waals surface area contributed by atoms with E-state index in [9.17, 15) is 19.5 Å². The second-order valence-corrected chi connectivity index (χ2v) is 8.94. The van der Waals surface area contributed by atoms with Crippen LogP contribution >= 0.6 is 11.6 Å². The normalized spacial score (nSPS) is 34.5. The summed E-state index contributed by atoms with van der Waals surface area (Å²) in [5.74, 6) is -3.05. The topological polar surface area (TPSA) is 96.4 Å². The van der Waals surface area contributed by atoms with Crippen LogP contribution < -0.4 is 4.90 Å². The van der Waals surface area contributed by atoms with Gasteiger partial charge in [0, 0.05) is 17.3 Å². The molecule has 2 amide bonds. The Hall–Kier alpha value is -2.68. The van der Waals surface area contributed by atoms with E-state index in [0.717, 1.165) is 0 Å². The van der Waals surface area contributed by atoms with Crippen molar-refractivity contribution in [2.75, 3.05) is 24.7 Å². The number of cyclic esters (lactones) is 1. The lowest BCUT2D eigenvalue weighted by atomic mass is 9.78. The third-order valence-corrected chi connectivity index (χ3v) is 6.98. The largest absolute Gasteiger partial charge is 0.461 e. The Morgan fingerprint density at radius 1 is 1.19 bits per heavy atom. The van der Waals surface area contributed by atoms with Crippen molar-refractivity contribution in [3.8, 4) is 0 Å². The Morgan fingerprint density at radius 2 is 1.94 bits per heavy atom. The molecule has 2 fully saturated rings. The predicted molar refractivity (Wildman–Crippen MR) is 115 cm³/mol. The van der Waals surface area contributed by atoms with E-state index in [0.29, 0.717) is 10.7 Å². The highest BCUT2D eigenvalue weighted by molar-refractivity contribution is 6.30. The summed E-state index contributed by atoms with van der Waals surface area (Å²) < 4.78 is 11.7. The number of hydrogen-bond donors (Lipinski definition) is 1. The fourth-order valence-electron chi connectivity index (χ4n) is 5.32. The molecule has 0 aliphatic carbocycles. The number of likely N-dealkylation sites (tertiary alicyclic amines) is 1. The van der Waals surface area contributed by atoms with Crippen molar-refractivity contribution in [1.29, 1.82) is 0 Å².